The summed E-state index contributed by atoms with van der Waals surface area (Å²) in [4.78, 5) is 18.2. The van der Waals surface area contributed by atoms with E-state index in [0.29, 0.717) is 21.5 Å². The fraction of sp³-hybridized carbons (Fsp3) is 0. The zero-order valence-electron chi connectivity index (χ0n) is 10.5. The van der Waals surface area contributed by atoms with Crippen LogP contribution in [0.5, 0.6) is 0 Å². The van der Waals surface area contributed by atoms with E-state index in [4.69, 9.17) is 28.3 Å². The number of halogens is 2. The summed E-state index contributed by atoms with van der Waals surface area (Å²) in [6, 6.07) is 9.73. The van der Waals surface area contributed by atoms with Crippen molar-refractivity contribution in [2.45, 2.75) is 0 Å². The van der Waals surface area contributed by atoms with Crippen LogP contribution in [-0.2, 0) is 0 Å². The molecule has 1 aromatic heterocycles. The van der Waals surface area contributed by atoms with Gasteiger partial charge in [-0.1, -0.05) is 23.2 Å². The van der Waals surface area contributed by atoms with E-state index in [1.165, 1.54) is 12.1 Å². The lowest BCUT2D eigenvalue weighted by molar-refractivity contribution is 0.0697. The summed E-state index contributed by atoms with van der Waals surface area (Å²) in [6.07, 6.45) is 0. The Kier molecular flexibility index (Phi) is 3.45. The van der Waals surface area contributed by atoms with Crippen LogP contribution in [0.3, 0.4) is 0 Å². The fourth-order valence-corrected chi connectivity index (χ4v) is 2.22. The van der Waals surface area contributed by atoms with Crippen LogP contribution in [0.2, 0.25) is 10.0 Å². The minimum Gasteiger partial charge on any atom is -0.478 e. The molecule has 2 aromatic carbocycles. The standard InChI is InChI=1S/C14H9Cl2N3O2/c15-9-5-11-12(6-10(9)16)19-14(18-11)17-8-3-1-7(2-4-8)13(20)21/h1-6H,(H,20,21)(H2,17,18,19). The molecule has 21 heavy (non-hydrogen) atoms. The SMILES string of the molecule is O=C(O)c1ccc(Nc2nc3cc(Cl)c(Cl)cc3[nH]2)cc1. The van der Waals surface area contributed by atoms with Gasteiger partial charge in [-0.15, -0.1) is 0 Å². The van der Waals surface area contributed by atoms with E-state index >= 15 is 0 Å². The average Bonchev–Trinajstić information content (AvgIpc) is 2.81. The van der Waals surface area contributed by atoms with Crippen LogP contribution in [0, 0.1) is 0 Å². The summed E-state index contributed by atoms with van der Waals surface area (Å²) in [5, 5.41) is 12.8. The molecule has 0 aliphatic heterocycles. The minimum absolute atomic E-state index is 0.226. The molecule has 0 saturated heterocycles. The van der Waals surface area contributed by atoms with Gasteiger partial charge in [-0.05, 0) is 36.4 Å². The number of hydrogen-bond acceptors (Lipinski definition) is 3. The Morgan fingerprint density at radius 3 is 2.48 bits per heavy atom. The first kappa shape index (κ1) is 13.7. The van der Waals surface area contributed by atoms with Gasteiger partial charge in [0.1, 0.15) is 0 Å². The quantitative estimate of drug-likeness (QED) is 0.671. The highest BCUT2D eigenvalue weighted by Gasteiger charge is 2.07. The molecule has 0 amide bonds. The van der Waals surface area contributed by atoms with E-state index in [9.17, 15) is 4.79 Å². The molecule has 5 nitrogen and oxygen atoms in total. The summed E-state index contributed by atoms with van der Waals surface area (Å²) >= 11 is 11.9. The number of carboxylic acids is 1. The van der Waals surface area contributed by atoms with Gasteiger partial charge in [0.05, 0.1) is 26.6 Å². The summed E-state index contributed by atoms with van der Waals surface area (Å²) < 4.78 is 0. The molecular formula is C14H9Cl2N3O2. The van der Waals surface area contributed by atoms with E-state index in [0.717, 1.165) is 11.2 Å². The number of rotatable bonds is 3. The number of aromatic amines is 1. The van der Waals surface area contributed by atoms with Gasteiger partial charge in [0.15, 0.2) is 0 Å². The van der Waals surface area contributed by atoms with Crippen LogP contribution < -0.4 is 5.32 Å². The number of carbonyl (C=O) groups is 1. The first-order valence-electron chi connectivity index (χ1n) is 5.98. The first-order chi connectivity index (χ1) is 10.0. The second kappa shape index (κ2) is 5.27. The molecule has 0 fully saturated rings. The van der Waals surface area contributed by atoms with Gasteiger partial charge in [0.2, 0.25) is 5.95 Å². The number of benzene rings is 2. The Morgan fingerprint density at radius 2 is 1.81 bits per heavy atom. The van der Waals surface area contributed by atoms with E-state index in [2.05, 4.69) is 15.3 Å². The molecule has 106 valence electrons. The third-order valence-corrected chi connectivity index (χ3v) is 3.64. The third kappa shape index (κ3) is 2.79. The molecule has 3 N–H and O–H groups in total. The lowest BCUT2D eigenvalue weighted by atomic mass is 10.2. The zero-order valence-corrected chi connectivity index (χ0v) is 12.0. The van der Waals surface area contributed by atoms with Crippen molar-refractivity contribution in [1.82, 2.24) is 9.97 Å². The Balaban J connectivity index is 1.89. The molecular weight excluding hydrogens is 313 g/mol. The highest BCUT2D eigenvalue weighted by molar-refractivity contribution is 6.42. The van der Waals surface area contributed by atoms with Gasteiger partial charge in [-0.25, -0.2) is 9.78 Å². The summed E-state index contributed by atoms with van der Waals surface area (Å²) in [6.45, 7) is 0. The van der Waals surface area contributed by atoms with Crippen molar-refractivity contribution in [2.75, 3.05) is 5.32 Å². The Bertz CT molecular complexity index is 789. The molecule has 0 aliphatic carbocycles. The predicted octanol–water partition coefficient (Wildman–Crippen LogP) is 4.31. The maximum absolute atomic E-state index is 10.8. The molecule has 0 unspecified atom stereocenters. The average molecular weight is 322 g/mol. The molecule has 0 atom stereocenters. The smallest absolute Gasteiger partial charge is 0.335 e. The monoisotopic (exact) mass is 321 g/mol. The largest absolute Gasteiger partial charge is 0.478 e. The predicted molar refractivity (Wildman–Crippen MR) is 82.8 cm³/mol. The highest BCUT2D eigenvalue weighted by atomic mass is 35.5. The van der Waals surface area contributed by atoms with Crippen LogP contribution in [0.25, 0.3) is 11.0 Å². The second-order valence-electron chi connectivity index (χ2n) is 4.38. The number of H-pyrrole nitrogens is 1. The van der Waals surface area contributed by atoms with Crippen molar-refractivity contribution in [1.29, 1.82) is 0 Å². The second-order valence-corrected chi connectivity index (χ2v) is 5.19. The van der Waals surface area contributed by atoms with Crippen molar-refractivity contribution in [3.05, 3.63) is 52.0 Å². The van der Waals surface area contributed by atoms with Gasteiger partial charge in [0.25, 0.3) is 0 Å². The van der Waals surface area contributed by atoms with Gasteiger partial charge >= 0.3 is 5.97 Å². The Hall–Kier alpha value is -2.24. The number of carboxylic acid groups (broad SMARTS) is 1. The lowest BCUT2D eigenvalue weighted by Crippen LogP contribution is -1.97. The van der Waals surface area contributed by atoms with Crippen LogP contribution in [-0.4, -0.2) is 21.0 Å². The van der Waals surface area contributed by atoms with E-state index in [1.807, 2.05) is 0 Å². The summed E-state index contributed by atoms with van der Waals surface area (Å²) in [5.74, 6) is -0.444. The van der Waals surface area contributed by atoms with Crippen molar-refractivity contribution < 1.29 is 9.90 Å². The van der Waals surface area contributed by atoms with Crippen LogP contribution in [0.4, 0.5) is 11.6 Å². The summed E-state index contributed by atoms with van der Waals surface area (Å²) in [5.41, 5.74) is 2.39. The molecule has 7 heteroatoms. The zero-order chi connectivity index (χ0) is 15.0. The maximum atomic E-state index is 10.8. The van der Waals surface area contributed by atoms with Gasteiger partial charge in [-0.3, -0.25) is 0 Å². The van der Waals surface area contributed by atoms with Gasteiger partial charge < -0.3 is 15.4 Å². The molecule has 3 aromatic rings. The molecule has 0 aliphatic rings. The van der Waals surface area contributed by atoms with Crippen molar-refractivity contribution in [3.63, 3.8) is 0 Å². The topological polar surface area (TPSA) is 78.0 Å². The fourth-order valence-electron chi connectivity index (χ4n) is 1.90. The van der Waals surface area contributed by atoms with Crippen molar-refractivity contribution in [3.8, 4) is 0 Å². The van der Waals surface area contributed by atoms with E-state index in [1.54, 1.807) is 24.3 Å². The van der Waals surface area contributed by atoms with Crippen LogP contribution >= 0.6 is 23.2 Å². The first-order valence-corrected chi connectivity index (χ1v) is 6.73. The molecule has 0 bridgehead atoms. The molecule has 3 rings (SSSR count). The third-order valence-electron chi connectivity index (χ3n) is 2.92. The molecule has 0 saturated carbocycles. The Labute approximate surface area is 129 Å². The number of nitrogens with one attached hydrogen (secondary N) is 2. The minimum atomic E-state index is -0.963. The van der Waals surface area contributed by atoms with Crippen molar-refractivity contribution in [2.24, 2.45) is 0 Å². The number of anilines is 2. The van der Waals surface area contributed by atoms with E-state index in [-0.39, 0.29) is 5.56 Å². The number of nitrogens with zero attached hydrogens (tertiary/aromatic N) is 1. The number of fused-ring (bicyclic) bond motifs is 1. The number of aromatic carboxylic acids is 1. The molecule has 0 radical (unpaired) electrons. The number of hydrogen-bond donors (Lipinski definition) is 3. The van der Waals surface area contributed by atoms with Crippen molar-refractivity contribution >= 4 is 51.8 Å². The Morgan fingerprint density at radius 1 is 1.14 bits per heavy atom. The van der Waals surface area contributed by atoms with Gasteiger partial charge in [-0.2, -0.15) is 0 Å². The maximum Gasteiger partial charge on any atom is 0.335 e. The lowest BCUT2D eigenvalue weighted by Gasteiger charge is -2.02. The normalized spacial score (nSPS) is 10.8. The molecule has 1 heterocycles. The number of imidazole rings is 1. The van der Waals surface area contributed by atoms with E-state index < -0.39 is 5.97 Å². The highest BCUT2D eigenvalue weighted by Crippen LogP contribution is 2.28. The summed E-state index contributed by atoms with van der Waals surface area (Å²) in [7, 11) is 0. The van der Waals surface area contributed by atoms with Crippen LogP contribution in [0.15, 0.2) is 36.4 Å². The number of aromatic nitrogens is 2. The van der Waals surface area contributed by atoms with Gasteiger partial charge in [0, 0.05) is 5.69 Å². The van der Waals surface area contributed by atoms with Crippen LogP contribution in [0.1, 0.15) is 10.4 Å². The molecule has 0 spiro atoms.